The molecule has 1 atom stereocenters. The quantitative estimate of drug-likeness (QED) is 0.783. The Morgan fingerprint density at radius 3 is 2.82 bits per heavy atom. The van der Waals surface area contributed by atoms with Crippen molar-refractivity contribution < 1.29 is 9.90 Å². The lowest BCUT2D eigenvalue weighted by Gasteiger charge is -2.09. The third-order valence-electron chi connectivity index (χ3n) is 2.25. The minimum Gasteiger partial charge on any atom is -0.480 e. The smallest absolute Gasteiger partial charge is 0.317 e. The summed E-state index contributed by atoms with van der Waals surface area (Å²) < 4.78 is 1.56. The van der Waals surface area contributed by atoms with Crippen molar-refractivity contribution in [3.8, 4) is 0 Å². The van der Waals surface area contributed by atoms with Gasteiger partial charge in [0.25, 0.3) is 5.56 Å². The summed E-state index contributed by atoms with van der Waals surface area (Å²) in [4.78, 5) is 26.8. The van der Waals surface area contributed by atoms with E-state index in [9.17, 15) is 9.59 Å². The number of aromatic nitrogens is 2. The van der Waals surface area contributed by atoms with Gasteiger partial charge in [-0.25, -0.2) is 4.98 Å². The zero-order valence-electron chi connectivity index (χ0n) is 9.92. The number of carboxylic acid groups (broad SMARTS) is 1. The maximum Gasteiger partial charge on any atom is 0.317 e. The third kappa shape index (κ3) is 3.59. The molecule has 1 unspecified atom stereocenters. The molecule has 6 heteroatoms. The predicted molar refractivity (Wildman–Crippen MR) is 66.4 cm³/mol. The van der Waals surface area contributed by atoms with Crippen LogP contribution >= 0.6 is 11.8 Å². The number of aliphatic carboxylic acids is 1. The Labute approximate surface area is 104 Å². The molecule has 0 bridgehead atoms. The fraction of sp³-hybridized carbons (Fsp3) is 0.545. The molecular weight excluding hydrogens is 240 g/mol. The average Bonchev–Trinajstić information content (AvgIpc) is 2.30. The number of hydrogen-bond acceptors (Lipinski definition) is 4. The molecule has 17 heavy (non-hydrogen) atoms. The fourth-order valence-electron chi connectivity index (χ4n) is 1.37. The van der Waals surface area contributed by atoms with E-state index in [0.29, 0.717) is 13.0 Å². The van der Waals surface area contributed by atoms with Crippen LogP contribution < -0.4 is 5.56 Å². The molecule has 0 radical (unpaired) electrons. The lowest BCUT2D eigenvalue weighted by Crippen LogP contribution is -2.24. The molecule has 1 rings (SSSR count). The molecular formula is C11H16N2O3S. The summed E-state index contributed by atoms with van der Waals surface area (Å²) in [7, 11) is 0. The number of carbonyl (C=O) groups is 1. The fourth-order valence-corrected chi connectivity index (χ4v) is 2.24. The van der Waals surface area contributed by atoms with Crippen LogP contribution in [0.15, 0.2) is 22.2 Å². The summed E-state index contributed by atoms with van der Waals surface area (Å²) >= 11 is 1.02. The van der Waals surface area contributed by atoms with Gasteiger partial charge in [-0.3, -0.25) is 9.59 Å². The number of hydrogen-bond donors (Lipinski definition) is 1. The van der Waals surface area contributed by atoms with Crippen molar-refractivity contribution in [3.05, 3.63) is 22.7 Å². The summed E-state index contributed by atoms with van der Waals surface area (Å²) in [5.41, 5.74) is -0.209. The van der Waals surface area contributed by atoms with Crippen LogP contribution in [0.3, 0.4) is 0 Å². The number of rotatable bonds is 6. The number of aryl methyl sites for hydroxylation is 1. The molecule has 0 saturated heterocycles. The topological polar surface area (TPSA) is 72.2 Å². The minimum atomic E-state index is -0.912. The van der Waals surface area contributed by atoms with Gasteiger partial charge in [0, 0.05) is 18.9 Å². The highest BCUT2D eigenvalue weighted by molar-refractivity contribution is 8.00. The molecule has 0 aliphatic rings. The van der Waals surface area contributed by atoms with Crippen LogP contribution in [-0.4, -0.2) is 25.9 Å². The average molecular weight is 256 g/mol. The van der Waals surface area contributed by atoms with Gasteiger partial charge < -0.3 is 9.67 Å². The van der Waals surface area contributed by atoms with Gasteiger partial charge in [0.15, 0.2) is 5.03 Å². The van der Waals surface area contributed by atoms with Gasteiger partial charge in [-0.05, 0) is 12.8 Å². The summed E-state index contributed by atoms with van der Waals surface area (Å²) in [6.45, 7) is 4.38. The first-order valence-corrected chi connectivity index (χ1v) is 6.43. The van der Waals surface area contributed by atoms with Crippen molar-refractivity contribution in [1.29, 1.82) is 0 Å². The molecule has 0 saturated carbocycles. The highest BCUT2D eigenvalue weighted by Gasteiger charge is 2.19. The maximum atomic E-state index is 11.9. The molecule has 1 aromatic heterocycles. The van der Waals surface area contributed by atoms with E-state index in [-0.39, 0.29) is 10.6 Å². The first-order chi connectivity index (χ1) is 8.10. The summed E-state index contributed by atoms with van der Waals surface area (Å²) in [6, 6.07) is 0. The Hall–Kier alpha value is -1.30. The lowest BCUT2D eigenvalue weighted by molar-refractivity contribution is -0.136. The van der Waals surface area contributed by atoms with Crippen molar-refractivity contribution in [3.63, 3.8) is 0 Å². The Morgan fingerprint density at radius 1 is 1.59 bits per heavy atom. The second-order valence-electron chi connectivity index (χ2n) is 3.58. The molecule has 1 N–H and O–H groups in total. The Balaban J connectivity index is 2.95. The van der Waals surface area contributed by atoms with Gasteiger partial charge in [0.1, 0.15) is 5.25 Å². The van der Waals surface area contributed by atoms with E-state index >= 15 is 0 Å². The molecule has 0 amide bonds. The highest BCUT2D eigenvalue weighted by atomic mass is 32.2. The van der Waals surface area contributed by atoms with E-state index in [1.807, 2.05) is 6.92 Å². The molecule has 0 fully saturated rings. The van der Waals surface area contributed by atoms with Crippen LogP contribution in [-0.2, 0) is 11.3 Å². The van der Waals surface area contributed by atoms with Gasteiger partial charge >= 0.3 is 5.97 Å². The van der Waals surface area contributed by atoms with Crippen LogP contribution in [0.5, 0.6) is 0 Å². The monoisotopic (exact) mass is 256 g/mol. The SMILES string of the molecule is CCCn1ccnc(SC(CC)C(=O)O)c1=O. The first kappa shape index (κ1) is 13.8. The molecule has 1 aromatic rings. The second-order valence-corrected chi connectivity index (χ2v) is 4.78. The first-order valence-electron chi connectivity index (χ1n) is 5.55. The molecule has 94 valence electrons. The molecule has 0 aromatic carbocycles. The van der Waals surface area contributed by atoms with Crippen LogP contribution in [0.2, 0.25) is 0 Å². The molecule has 0 aliphatic heterocycles. The van der Waals surface area contributed by atoms with E-state index in [4.69, 9.17) is 5.11 Å². The molecule has 0 aliphatic carbocycles. The normalized spacial score (nSPS) is 12.4. The van der Waals surface area contributed by atoms with Crippen molar-refractivity contribution in [1.82, 2.24) is 9.55 Å². The van der Waals surface area contributed by atoms with Gasteiger partial charge in [0.05, 0.1) is 0 Å². The molecule has 5 nitrogen and oxygen atoms in total. The van der Waals surface area contributed by atoms with Crippen LogP contribution in [0.4, 0.5) is 0 Å². The maximum absolute atomic E-state index is 11.9. The van der Waals surface area contributed by atoms with Crippen molar-refractivity contribution in [2.24, 2.45) is 0 Å². The van der Waals surface area contributed by atoms with Crippen molar-refractivity contribution >= 4 is 17.7 Å². The van der Waals surface area contributed by atoms with Crippen LogP contribution in [0.1, 0.15) is 26.7 Å². The van der Waals surface area contributed by atoms with Crippen LogP contribution in [0, 0.1) is 0 Å². The van der Waals surface area contributed by atoms with E-state index in [1.165, 1.54) is 6.20 Å². The molecule has 0 spiro atoms. The van der Waals surface area contributed by atoms with Gasteiger partial charge in [-0.15, -0.1) is 0 Å². The largest absolute Gasteiger partial charge is 0.480 e. The van der Waals surface area contributed by atoms with Crippen molar-refractivity contribution in [2.75, 3.05) is 0 Å². The van der Waals surface area contributed by atoms with Gasteiger partial charge in [-0.2, -0.15) is 0 Å². The standard InChI is InChI=1S/C11H16N2O3S/c1-3-6-13-7-5-12-9(10(13)14)17-8(4-2)11(15)16/h5,7-8H,3-4,6H2,1-2H3,(H,15,16). The number of thioether (sulfide) groups is 1. The zero-order valence-corrected chi connectivity index (χ0v) is 10.7. The third-order valence-corrected chi connectivity index (χ3v) is 3.57. The summed E-state index contributed by atoms with van der Waals surface area (Å²) in [5, 5.41) is 8.58. The summed E-state index contributed by atoms with van der Waals surface area (Å²) in [6.07, 6.45) is 4.47. The van der Waals surface area contributed by atoms with E-state index in [0.717, 1.165) is 18.2 Å². The van der Waals surface area contributed by atoms with E-state index in [2.05, 4.69) is 4.98 Å². The van der Waals surface area contributed by atoms with Gasteiger partial charge in [-0.1, -0.05) is 25.6 Å². The Kier molecular flexibility index (Phi) is 5.21. The van der Waals surface area contributed by atoms with Gasteiger partial charge in [0.2, 0.25) is 0 Å². The second kappa shape index (κ2) is 6.44. The Bertz CT molecular complexity index is 445. The number of carboxylic acids is 1. The highest BCUT2D eigenvalue weighted by Crippen LogP contribution is 2.20. The predicted octanol–water partition coefficient (Wildman–Crippen LogP) is 1.61. The summed E-state index contributed by atoms with van der Waals surface area (Å²) in [5.74, 6) is -0.912. The minimum absolute atomic E-state index is 0.209. The zero-order chi connectivity index (χ0) is 12.8. The molecule has 1 heterocycles. The van der Waals surface area contributed by atoms with Crippen LogP contribution in [0.25, 0.3) is 0 Å². The Morgan fingerprint density at radius 2 is 2.29 bits per heavy atom. The lowest BCUT2D eigenvalue weighted by atomic mass is 10.3. The number of nitrogens with zero attached hydrogens (tertiary/aromatic N) is 2. The van der Waals surface area contributed by atoms with E-state index in [1.54, 1.807) is 17.7 Å². The van der Waals surface area contributed by atoms with E-state index < -0.39 is 11.2 Å². The van der Waals surface area contributed by atoms with Crippen molar-refractivity contribution in [2.45, 2.75) is 43.5 Å².